The Labute approximate surface area is 91.6 Å². The van der Waals surface area contributed by atoms with E-state index in [0.29, 0.717) is 12.6 Å². The maximum Gasteiger partial charge on any atom is 0.322 e. The first kappa shape index (κ1) is 10.9. The maximum absolute atomic E-state index is 11.5. The van der Waals surface area contributed by atoms with Crippen molar-refractivity contribution in [3.05, 3.63) is 0 Å². The van der Waals surface area contributed by atoms with Crippen molar-refractivity contribution in [2.75, 3.05) is 6.61 Å². The Balaban J connectivity index is 1.79. The van der Waals surface area contributed by atoms with Gasteiger partial charge >= 0.3 is 5.97 Å². The molecular weight excluding hydrogens is 190 g/mol. The molecule has 0 aliphatic heterocycles. The summed E-state index contributed by atoms with van der Waals surface area (Å²) in [4.78, 5) is 11.5. The van der Waals surface area contributed by atoms with Crippen LogP contribution in [0.4, 0.5) is 0 Å². The molecule has 0 amide bonds. The Morgan fingerprint density at radius 2 is 1.87 bits per heavy atom. The number of rotatable bonds is 6. The minimum Gasteiger partial charge on any atom is -0.465 e. The minimum atomic E-state index is -0.142. The van der Waals surface area contributed by atoms with Gasteiger partial charge in [-0.1, -0.05) is 0 Å². The highest BCUT2D eigenvalue weighted by molar-refractivity contribution is 5.75. The van der Waals surface area contributed by atoms with E-state index in [1.807, 2.05) is 13.8 Å². The Morgan fingerprint density at radius 3 is 2.27 bits per heavy atom. The molecule has 2 saturated carbocycles. The van der Waals surface area contributed by atoms with Crippen LogP contribution in [0.3, 0.4) is 0 Å². The average molecular weight is 211 g/mol. The third-order valence-electron chi connectivity index (χ3n) is 3.34. The molecule has 86 valence electrons. The molecule has 2 aliphatic rings. The summed E-state index contributed by atoms with van der Waals surface area (Å²) in [5.74, 6) is 1.55. The van der Waals surface area contributed by atoms with E-state index in [-0.39, 0.29) is 12.0 Å². The van der Waals surface area contributed by atoms with Crippen molar-refractivity contribution in [2.45, 2.75) is 51.6 Å². The summed E-state index contributed by atoms with van der Waals surface area (Å²) < 4.78 is 5.00. The van der Waals surface area contributed by atoms with Crippen molar-refractivity contribution in [3.8, 4) is 0 Å². The van der Waals surface area contributed by atoms with Crippen LogP contribution in [0.15, 0.2) is 0 Å². The number of hydrogen-bond acceptors (Lipinski definition) is 3. The van der Waals surface area contributed by atoms with Crippen molar-refractivity contribution < 1.29 is 9.53 Å². The van der Waals surface area contributed by atoms with Crippen molar-refractivity contribution in [1.29, 1.82) is 0 Å². The lowest BCUT2D eigenvalue weighted by Gasteiger charge is -2.21. The van der Waals surface area contributed by atoms with Gasteiger partial charge in [0, 0.05) is 6.04 Å². The maximum atomic E-state index is 11.5. The van der Waals surface area contributed by atoms with E-state index in [1.165, 1.54) is 25.7 Å². The Morgan fingerprint density at radius 1 is 1.33 bits per heavy atom. The van der Waals surface area contributed by atoms with Crippen molar-refractivity contribution in [1.82, 2.24) is 5.32 Å². The Kier molecular flexibility index (Phi) is 3.29. The largest absolute Gasteiger partial charge is 0.465 e. The average Bonchev–Trinajstić information content (AvgIpc) is 3.03. The van der Waals surface area contributed by atoms with Crippen LogP contribution < -0.4 is 5.32 Å². The first-order chi connectivity index (χ1) is 7.22. The fraction of sp³-hybridized carbons (Fsp3) is 0.917. The van der Waals surface area contributed by atoms with E-state index in [1.54, 1.807) is 0 Å². The van der Waals surface area contributed by atoms with Gasteiger partial charge in [-0.05, 0) is 51.4 Å². The van der Waals surface area contributed by atoms with Crippen LogP contribution in [-0.4, -0.2) is 24.7 Å². The predicted molar refractivity (Wildman–Crippen MR) is 58.5 cm³/mol. The smallest absolute Gasteiger partial charge is 0.322 e. The molecule has 0 aromatic rings. The number of carbonyl (C=O) groups excluding carboxylic acids is 1. The molecule has 0 heterocycles. The van der Waals surface area contributed by atoms with Gasteiger partial charge in [-0.25, -0.2) is 0 Å². The van der Waals surface area contributed by atoms with Gasteiger partial charge in [-0.3, -0.25) is 4.79 Å². The molecule has 0 bridgehead atoms. The second kappa shape index (κ2) is 4.52. The zero-order valence-electron chi connectivity index (χ0n) is 9.66. The first-order valence-electron chi connectivity index (χ1n) is 6.15. The molecule has 1 unspecified atom stereocenters. The molecule has 2 fully saturated rings. The van der Waals surface area contributed by atoms with E-state index < -0.39 is 0 Å². The minimum absolute atomic E-state index is 0.108. The van der Waals surface area contributed by atoms with Crippen LogP contribution in [0.2, 0.25) is 0 Å². The summed E-state index contributed by atoms with van der Waals surface area (Å²) in [6, 6.07) is 0.431. The molecule has 0 spiro atoms. The number of carbonyl (C=O) groups is 1. The van der Waals surface area contributed by atoms with Crippen LogP contribution in [-0.2, 0) is 9.53 Å². The number of esters is 1. The van der Waals surface area contributed by atoms with Gasteiger partial charge in [0.15, 0.2) is 0 Å². The van der Waals surface area contributed by atoms with Gasteiger partial charge < -0.3 is 10.1 Å². The van der Waals surface area contributed by atoms with Crippen LogP contribution >= 0.6 is 0 Å². The molecule has 2 aliphatic carbocycles. The quantitative estimate of drug-likeness (QED) is 0.680. The number of nitrogens with one attached hydrogen (secondary N) is 1. The van der Waals surface area contributed by atoms with Gasteiger partial charge in [-0.15, -0.1) is 0 Å². The molecule has 1 N–H and O–H groups in total. The molecule has 0 aromatic heterocycles. The highest BCUT2D eigenvalue weighted by Gasteiger charge is 2.42. The van der Waals surface area contributed by atoms with Crippen molar-refractivity contribution in [2.24, 2.45) is 11.8 Å². The lowest BCUT2D eigenvalue weighted by molar-refractivity contribution is -0.145. The monoisotopic (exact) mass is 211 g/mol. The van der Waals surface area contributed by atoms with Crippen LogP contribution in [0, 0.1) is 11.8 Å². The Bertz CT molecular complexity index is 222. The van der Waals surface area contributed by atoms with Crippen LogP contribution in [0.5, 0.6) is 0 Å². The third-order valence-corrected chi connectivity index (χ3v) is 3.34. The van der Waals surface area contributed by atoms with Crippen LogP contribution in [0.25, 0.3) is 0 Å². The topological polar surface area (TPSA) is 38.3 Å². The van der Waals surface area contributed by atoms with Gasteiger partial charge in [-0.2, -0.15) is 0 Å². The molecule has 15 heavy (non-hydrogen) atoms. The standard InChI is InChI=1S/C12H21NO2/c1-3-15-12(14)8(2)13-11(9-4-5-9)10-6-7-10/h8-11,13H,3-7H2,1-2H3. The first-order valence-corrected chi connectivity index (χ1v) is 6.15. The summed E-state index contributed by atoms with van der Waals surface area (Å²) in [5.41, 5.74) is 0. The summed E-state index contributed by atoms with van der Waals surface area (Å²) in [6.07, 6.45) is 5.35. The number of ether oxygens (including phenoxy) is 1. The van der Waals surface area contributed by atoms with E-state index in [2.05, 4.69) is 5.32 Å². The molecule has 0 saturated heterocycles. The third kappa shape index (κ3) is 2.94. The zero-order chi connectivity index (χ0) is 10.8. The second-order valence-corrected chi connectivity index (χ2v) is 4.84. The molecule has 0 radical (unpaired) electrons. The van der Waals surface area contributed by atoms with Crippen molar-refractivity contribution >= 4 is 5.97 Å². The van der Waals surface area contributed by atoms with Crippen LogP contribution in [0.1, 0.15) is 39.5 Å². The fourth-order valence-corrected chi connectivity index (χ4v) is 2.19. The van der Waals surface area contributed by atoms with E-state index in [0.717, 1.165) is 11.8 Å². The molecule has 0 aromatic carbocycles. The molecular formula is C12H21NO2. The summed E-state index contributed by atoms with van der Waals surface area (Å²) in [7, 11) is 0. The molecule has 1 atom stereocenters. The summed E-state index contributed by atoms with van der Waals surface area (Å²) >= 11 is 0. The van der Waals surface area contributed by atoms with E-state index in [4.69, 9.17) is 4.74 Å². The van der Waals surface area contributed by atoms with Crippen molar-refractivity contribution in [3.63, 3.8) is 0 Å². The second-order valence-electron chi connectivity index (χ2n) is 4.84. The Hall–Kier alpha value is -0.570. The lowest BCUT2D eigenvalue weighted by atomic mass is 10.1. The van der Waals surface area contributed by atoms with Gasteiger partial charge in [0.1, 0.15) is 6.04 Å². The summed E-state index contributed by atoms with van der Waals surface area (Å²) in [6.45, 7) is 4.24. The highest BCUT2D eigenvalue weighted by Crippen LogP contribution is 2.44. The normalized spacial score (nSPS) is 22.9. The summed E-state index contributed by atoms with van der Waals surface area (Å²) in [5, 5.41) is 3.45. The molecule has 3 nitrogen and oxygen atoms in total. The predicted octanol–water partition coefficient (Wildman–Crippen LogP) is 1.72. The SMILES string of the molecule is CCOC(=O)C(C)NC(C1CC1)C1CC1. The lowest BCUT2D eigenvalue weighted by Crippen LogP contribution is -2.44. The van der Waals surface area contributed by atoms with Gasteiger partial charge in [0.05, 0.1) is 6.61 Å². The zero-order valence-corrected chi connectivity index (χ0v) is 9.66. The molecule has 3 heteroatoms. The highest BCUT2D eigenvalue weighted by atomic mass is 16.5. The van der Waals surface area contributed by atoms with Gasteiger partial charge in [0.25, 0.3) is 0 Å². The van der Waals surface area contributed by atoms with Gasteiger partial charge in [0.2, 0.25) is 0 Å². The van der Waals surface area contributed by atoms with E-state index >= 15 is 0 Å². The number of hydrogen-bond donors (Lipinski definition) is 1. The van der Waals surface area contributed by atoms with E-state index in [9.17, 15) is 4.79 Å². The fourth-order valence-electron chi connectivity index (χ4n) is 2.19. The molecule has 2 rings (SSSR count).